The highest BCUT2D eigenvalue weighted by Crippen LogP contribution is 2.31. The number of sulfonamides is 1. The zero-order chi connectivity index (χ0) is 15.3. The summed E-state index contributed by atoms with van der Waals surface area (Å²) in [6.07, 6.45) is 2.98. The fourth-order valence-corrected chi connectivity index (χ4v) is 5.86. The molecule has 1 aromatic heterocycles. The van der Waals surface area contributed by atoms with Crippen LogP contribution >= 0.6 is 27.3 Å². The van der Waals surface area contributed by atoms with Gasteiger partial charge in [-0.05, 0) is 47.8 Å². The van der Waals surface area contributed by atoms with Gasteiger partial charge in [-0.1, -0.05) is 6.92 Å². The maximum atomic E-state index is 12.3. The van der Waals surface area contributed by atoms with Crippen LogP contribution in [0.5, 0.6) is 0 Å². The summed E-state index contributed by atoms with van der Waals surface area (Å²) in [6, 6.07) is 1.73. The van der Waals surface area contributed by atoms with E-state index in [2.05, 4.69) is 32.9 Å². The summed E-state index contributed by atoms with van der Waals surface area (Å²) < 4.78 is 33.4. The Morgan fingerprint density at radius 2 is 2.33 bits per heavy atom. The Labute approximate surface area is 138 Å². The van der Waals surface area contributed by atoms with E-state index in [-0.39, 0.29) is 6.10 Å². The van der Waals surface area contributed by atoms with Crippen LogP contribution in [-0.2, 0) is 21.3 Å². The fraction of sp³-hybridized carbons (Fsp3) is 0.692. The van der Waals surface area contributed by atoms with Crippen molar-refractivity contribution in [2.45, 2.75) is 43.7 Å². The molecule has 0 bridgehead atoms. The van der Waals surface area contributed by atoms with Crippen molar-refractivity contribution < 1.29 is 13.2 Å². The zero-order valence-electron chi connectivity index (χ0n) is 12.0. The summed E-state index contributed by atoms with van der Waals surface area (Å²) in [5, 5.41) is 3.27. The second-order valence-electron chi connectivity index (χ2n) is 5.01. The van der Waals surface area contributed by atoms with Crippen LogP contribution in [0.2, 0.25) is 0 Å². The lowest BCUT2D eigenvalue weighted by atomic mass is 10.2. The first kappa shape index (κ1) is 17.4. The van der Waals surface area contributed by atoms with Gasteiger partial charge in [-0.15, -0.1) is 11.3 Å². The summed E-state index contributed by atoms with van der Waals surface area (Å²) in [6.45, 7) is 4.78. The zero-order valence-corrected chi connectivity index (χ0v) is 15.2. The highest BCUT2D eigenvalue weighted by atomic mass is 79.9. The molecule has 1 aliphatic rings. The Hall–Kier alpha value is 0.01000. The molecule has 1 unspecified atom stereocenters. The monoisotopic (exact) mass is 396 g/mol. The molecule has 1 saturated heterocycles. The Kier molecular flexibility index (Phi) is 6.64. The minimum absolute atomic E-state index is 0.00266. The molecule has 2 N–H and O–H groups in total. The van der Waals surface area contributed by atoms with Gasteiger partial charge < -0.3 is 10.1 Å². The summed E-state index contributed by atoms with van der Waals surface area (Å²) >= 11 is 4.81. The first-order chi connectivity index (χ1) is 10.0. The number of nitrogens with one attached hydrogen (secondary N) is 2. The molecule has 2 heterocycles. The van der Waals surface area contributed by atoms with E-state index in [1.165, 1.54) is 11.3 Å². The number of hydrogen-bond donors (Lipinski definition) is 2. The van der Waals surface area contributed by atoms with E-state index in [1.54, 1.807) is 6.07 Å². The van der Waals surface area contributed by atoms with Gasteiger partial charge in [0.1, 0.15) is 4.90 Å². The molecule has 0 amide bonds. The van der Waals surface area contributed by atoms with Crippen molar-refractivity contribution in [2.24, 2.45) is 0 Å². The summed E-state index contributed by atoms with van der Waals surface area (Å²) in [5.41, 5.74) is 0. The molecule has 120 valence electrons. The number of halogens is 1. The van der Waals surface area contributed by atoms with Crippen molar-refractivity contribution in [1.29, 1.82) is 0 Å². The number of hydrogen-bond acceptors (Lipinski definition) is 5. The maximum absolute atomic E-state index is 12.3. The summed E-state index contributed by atoms with van der Waals surface area (Å²) in [4.78, 5) is 1.33. The van der Waals surface area contributed by atoms with Gasteiger partial charge in [0.15, 0.2) is 0 Å². The van der Waals surface area contributed by atoms with Crippen LogP contribution in [-0.4, -0.2) is 34.2 Å². The summed E-state index contributed by atoms with van der Waals surface area (Å²) in [7, 11) is -3.48. The van der Waals surface area contributed by atoms with Gasteiger partial charge in [0.2, 0.25) is 10.0 Å². The Morgan fingerprint density at radius 3 is 3.00 bits per heavy atom. The summed E-state index contributed by atoms with van der Waals surface area (Å²) in [5.74, 6) is 0. The van der Waals surface area contributed by atoms with Crippen LogP contribution in [0.4, 0.5) is 0 Å². The van der Waals surface area contributed by atoms with E-state index in [0.717, 1.165) is 37.3 Å². The lowest BCUT2D eigenvalue weighted by molar-refractivity contribution is 0.114. The molecule has 0 spiro atoms. The van der Waals surface area contributed by atoms with E-state index in [0.29, 0.717) is 21.8 Å². The topological polar surface area (TPSA) is 67.4 Å². The fourth-order valence-electron chi connectivity index (χ4n) is 2.14. The van der Waals surface area contributed by atoms with Gasteiger partial charge in [-0.25, -0.2) is 13.1 Å². The van der Waals surface area contributed by atoms with E-state index in [9.17, 15) is 8.42 Å². The van der Waals surface area contributed by atoms with Crippen LogP contribution in [0.15, 0.2) is 14.7 Å². The van der Waals surface area contributed by atoms with Gasteiger partial charge in [0.05, 0.1) is 9.89 Å². The predicted molar refractivity (Wildman–Crippen MR) is 88.2 cm³/mol. The second kappa shape index (κ2) is 8.03. The molecular formula is C13H21BrN2O3S2. The van der Waals surface area contributed by atoms with Crippen LogP contribution < -0.4 is 10.0 Å². The van der Waals surface area contributed by atoms with Gasteiger partial charge >= 0.3 is 0 Å². The molecule has 0 aromatic carbocycles. The number of ether oxygens (including phenoxy) is 1. The van der Waals surface area contributed by atoms with Crippen LogP contribution in [0.1, 0.15) is 31.1 Å². The molecule has 1 aliphatic heterocycles. The van der Waals surface area contributed by atoms with E-state index in [1.807, 2.05) is 0 Å². The number of thiophene rings is 1. The molecule has 8 heteroatoms. The minimum Gasteiger partial charge on any atom is -0.377 e. The molecule has 2 rings (SSSR count). The highest BCUT2D eigenvalue weighted by Gasteiger charge is 2.23. The maximum Gasteiger partial charge on any atom is 0.242 e. The van der Waals surface area contributed by atoms with Gasteiger partial charge in [-0.3, -0.25) is 0 Å². The second-order valence-corrected chi connectivity index (χ2v) is 9.20. The molecule has 0 aliphatic carbocycles. The first-order valence-corrected chi connectivity index (χ1v) is 10.2. The van der Waals surface area contributed by atoms with Gasteiger partial charge in [-0.2, -0.15) is 0 Å². The quantitative estimate of drug-likeness (QED) is 0.662. The molecule has 5 nitrogen and oxygen atoms in total. The van der Waals surface area contributed by atoms with Crippen molar-refractivity contribution in [1.82, 2.24) is 10.0 Å². The smallest absolute Gasteiger partial charge is 0.242 e. The Bertz CT molecular complexity index is 554. The lowest BCUT2D eigenvalue weighted by Gasteiger charge is -2.10. The Morgan fingerprint density at radius 1 is 1.52 bits per heavy atom. The molecule has 21 heavy (non-hydrogen) atoms. The first-order valence-electron chi connectivity index (χ1n) is 7.13. The highest BCUT2D eigenvalue weighted by molar-refractivity contribution is 9.11. The molecule has 1 aromatic rings. The van der Waals surface area contributed by atoms with Crippen molar-refractivity contribution >= 4 is 37.3 Å². The third kappa shape index (κ3) is 5.01. The minimum atomic E-state index is -3.48. The van der Waals surface area contributed by atoms with E-state index >= 15 is 0 Å². The molecule has 0 saturated carbocycles. The van der Waals surface area contributed by atoms with Gasteiger partial charge in [0.25, 0.3) is 0 Å². The SMILES string of the molecule is CCCNCc1cc(S(=O)(=O)NCC2CCCO2)c(Br)s1. The lowest BCUT2D eigenvalue weighted by Crippen LogP contribution is -2.31. The Balaban J connectivity index is 1.97. The van der Waals surface area contributed by atoms with Crippen molar-refractivity contribution in [3.8, 4) is 0 Å². The van der Waals surface area contributed by atoms with Crippen molar-refractivity contribution in [2.75, 3.05) is 19.7 Å². The largest absolute Gasteiger partial charge is 0.377 e. The normalized spacial score (nSPS) is 19.2. The van der Waals surface area contributed by atoms with Crippen molar-refractivity contribution in [3.63, 3.8) is 0 Å². The van der Waals surface area contributed by atoms with E-state index < -0.39 is 10.0 Å². The average molecular weight is 397 g/mol. The van der Waals surface area contributed by atoms with Gasteiger partial charge in [0, 0.05) is 24.6 Å². The van der Waals surface area contributed by atoms with Crippen LogP contribution in [0.3, 0.4) is 0 Å². The number of rotatable bonds is 8. The van der Waals surface area contributed by atoms with E-state index in [4.69, 9.17) is 4.74 Å². The molecule has 1 fully saturated rings. The third-order valence-electron chi connectivity index (χ3n) is 3.25. The third-order valence-corrected chi connectivity index (χ3v) is 6.92. The van der Waals surface area contributed by atoms with Crippen LogP contribution in [0, 0.1) is 0 Å². The average Bonchev–Trinajstić information content (AvgIpc) is 3.07. The standard InChI is InChI=1S/C13H21BrN2O3S2/c1-2-5-15-9-11-7-12(13(14)20-11)21(17,18)16-8-10-4-3-6-19-10/h7,10,15-16H,2-6,8-9H2,1H3. The molecule has 1 atom stereocenters. The molecule has 0 radical (unpaired) electrons. The van der Waals surface area contributed by atoms with Crippen molar-refractivity contribution in [3.05, 3.63) is 14.7 Å². The predicted octanol–water partition coefficient (Wildman–Crippen LogP) is 2.47. The molecular weight excluding hydrogens is 376 g/mol. The van der Waals surface area contributed by atoms with Crippen LogP contribution in [0.25, 0.3) is 0 Å².